The number of nitriles is 1. The Labute approximate surface area is 123 Å². The molecule has 0 aliphatic carbocycles. The summed E-state index contributed by atoms with van der Waals surface area (Å²) in [7, 11) is 0. The lowest BCUT2D eigenvalue weighted by atomic mass is 10.2. The van der Waals surface area contributed by atoms with Crippen LogP contribution >= 0.6 is 0 Å². The van der Waals surface area contributed by atoms with Gasteiger partial charge in [-0.2, -0.15) is 10.2 Å². The van der Waals surface area contributed by atoms with Gasteiger partial charge in [0.25, 0.3) is 0 Å². The molecule has 5 nitrogen and oxygen atoms in total. The summed E-state index contributed by atoms with van der Waals surface area (Å²) >= 11 is 0. The number of oxazole rings is 1. The topological polar surface area (TPSA) is 62.3 Å². The Morgan fingerprint density at radius 3 is 2.48 bits per heavy atom. The molecule has 2 unspecified atom stereocenters. The van der Waals surface area contributed by atoms with Gasteiger partial charge >= 0.3 is 0 Å². The maximum absolute atomic E-state index is 9.31. The lowest BCUT2D eigenvalue weighted by molar-refractivity contribution is -0.00638. The lowest BCUT2D eigenvalue weighted by Crippen LogP contribution is -2.45. The van der Waals surface area contributed by atoms with Crippen molar-refractivity contribution < 1.29 is 9.15 Å². The molecule has 0 N–H and O–H groups in total. The van der Waals surface area contributed by atoms with Gasteiger partial charge in [0.15, 0.2) is 0 Å². The molecule has 1 saturated heterocycles. The minimum Gasteiger partial charge on any atom is -0.419 e. The Hall–Kier alpha value is -2.32. The zero-order valence-corrected chi connectivity index (χ0v) is 12.1. The minimum absolute atomic E-state index is 0.102. The van der Waals surface area contributed by atoms with E-state index in [0.29, 0.717) is 30.6 Å². The summed E-state index contributed by atoms with van der Waals surface area (Å²) in [6.07, 6.45) is 0.205. The van der Waals surface area contributed by atoms with E-state index in [0.717, 1.165) is 5.56 Å². The third kappa shape index (κ3) is 2.76. The van der Waals surface area contributed by atoms with E-state index < -0.39 is 0 Å². The lowest BCUT2D eigenvalue weighted by Gasteiger charge is -2.34. The van der Waals surface area contributed by atoms with Crippen molar-refractivity contribution in [2.24, 2.45) is 0 Å². The third-order valence-electron chi connectivity index (χ3n) is 3.44. The van der Waals surface area contributed by atoms with E-state index in [4.69, 9.17) is 9.15 Å². The second kappa shape index (κ2) is 5.58. The van der Waals surface area contributed by atoms with Crippen LogP contribution in [0.3, 0.4) is 0 Å². The number of morpholine rings is 1. The number of anilines is 1. The van der Waals surface area contributed by atoms with Crippen LogP contribution in [0.5, 0.6) is 0 Å². The van der Waals surface area contributed by atoms with Gasteiger partial charge in [0.2, 0.25) is 17.5 Å². The predicted molar refractivity (Wildman–Crippen MR) is 78.9 cm³/mol. The Kier molecular flexibility index (Phi) is 3.63. The van der Waals surface area contributed by atoms with Crippen LogP contribution < -0.4 is 4.90 Å². The SMILES string of the molecule is CC1CN(c2oc(-c3ccccc3)nc2C#N)CC(C)O1. The van der Waals surface area contributed by atoms with Crippen molar-refractivity contribution in [3.05, 3.63) is 36.0 Å². The Balaban J connectivity index is 1.96. The molecule has 0 amide bonds. The second-order valence-electron chi connectivity index (χ2n) is 5.31. The van der Waals surface area contributed by atoms with E-state index in [1.807, 2.05) is 49.1 Å². The molecule has 108 valence electrons. The molecule has 1 aliphatic rings. The van der Waals surface area contributed by atoms with Crippen LogP contribution in [-0.4, -0.2) is 30.3 Å². The fraction of sp³-hybridized carbons (Fsp3) is 0.375. The van der Waals surface area contributed by atoms with Crippen LogP contribution in [0.15, 0.2) is 34.7 Å². The zero-order valence-electron chi connectivity index (χ0n) is 12.1. The number of hydrogen-bond acceptors (Lipinski definition) is 5. The van der Waals surface area contributed by atoms with Crippen LogP contribution in [-0.2, 0) is 4.74 Å². The maximum Gasteiger partial charge on any atom is 0.235 e. The first kappa shape index (κ1) is 13.7. The monoisotopic (exact) mass is 283 g/mol. The largest absolute Gasteiger partial charge is 0.419 e. The Morgan fingerprint density at radius 2 is 1.86 bits per heavy atom. The Bertz CT molecular complexity index is 650. The van der Waals surface area contributed by atoms with Crippen LogP contribution in [0, 0.1) is 11.3 Å². The van der Waals surface area contributed by atoms with Gasteiger partial charge in [0.1, 0.15) is 6.07 Å². The van der Waals surface area contributed by atoms with Gasteiger partial charge in [0.05, 0.1) is 12.2 Å². The number of rotatable bonds is 2. The number of hydrogen-bond donors (Lipinski definition) is 0. The minimum atomic E-state index is 0.102. The molecule has 0 bridgehead atoms. The number of ether oxygens (including phenoxy) is 1. The third-order valence-corrected chi connectivity index (χ3v) is 3.44. The first-order valence-corrected chi connectivity index (χ1v) is 7.04. The quantitative estimate of drug-likeness (QED) is 0.848. The fourth-order valence-electron chi connectivity index (χ4n) is 2.65. The molecule has 1 fully saturated rings. The summed E-state index contributed by atoms with van der Waals surface area (Å²) in [5, 5.41) is 9.31. The van der Waals surface area contributed by atoms with E-state index in [1.165, 1.54) is 0 Å². The molecule has 0 spiro atoms. The van der Waals surface area contributed by atoms with Gasteiger partial charge in [-0.05, 0) is 26.0 Å². The molecular formula is C16H17N3O2. The van der Waals surface area contributed by atoms with E-state index >= 15 is 0 Å². The highest BCUT2D eigenvalue weighted by Crippen LogP contribution is 2.29. The summed E-state index contributed by atoms with van der Waals surface area (Å²) in [5.41, 5.74) is 1.20. The van der Waals surface area contributed by atoms with Crippen molar-refractivity contribution in [1.29, 1.82) is 5.26 Å². The molecule has 1 aliphatic heterocycles. The molecule has 0 saturated carbocycles. The van der Waals surface area contributed by atoms with Gasteiger partial charge in [-0.1, -0.05) is 18.2 Å². The molecule has 1 aromatic heterocycles. The Morgan fingerprint density at radius 1 is 1.19 bits per heavy atom. The van der Waals surface area contributed by atoms with Gasteiger partial charge in [-0.15, -0.1) is 0 Å². The van der Waals surface area contributed by atoms with Gasteiger partial charge in [-0.25, -0.2) is 0 Å². The van der Waals surface area contributed by atoms with Crippen LogP contribution in [0.1, 0.15) is 19.5 Å². The van der Waals surface area contributed by atoms with Crippen molar-refractivity contribution in [2.75, 3.05) is 18.0 Å². The van der Waals surface area contributed by atoms with Crippen molar-refractivity contribution in [3.8, 4) is 17.5 Å². The van der Waals surface area contributed by atoms with Crippen molar-refractivity contribution in [1.82, 2.24) is 4.98 Å². The van der Waals surface area contributed by atoms with Crippen LogP contribution in [0.2, 0.25) is 0 Å². The molecule has 2 heterocycles. The number of benzene rings is 1. The average Bonchev–Trinajstić information content (AvgIpc) is 2.91. The van der Waals surface area contributed by atoms with Crippen LogP contribution in [0.4, 0.5) is 5.88 Å². The molecule has 5 heteroatoms. The first-order chi connectivity index (χ1) is 10.2. The van der Waals surface area contributed by atoms with E-state index in [9.17, 15) is 5.26 Å². The van der Waals surface area contributed by atoms with Crippen LogP contribution in [0.25, 0.3) is 11.5 Å². The maximum atomic E-state index is 9.31. The molecule has 0 radical (unpaired) electrons. The van der Waals surface area contributed by atoms with E-state index in [-0.39, 0.29) is 12.2 Å². The highest BCUT2D eigenvalue weighted by molar-refractivity contribution is 5.59. The zero-order chi connectivity index (χ0) is 14.8. The van der Waals surface area contributed by atoms with Gasteiger partial charge in [-0.3, -0.25) is 0 Å². The van der Waals surface area contributed by atoms with Crippen molar-refractivity contribution in [3.63, 3.8) is 0 Å². The standard InChI is InChI=1S/C16H17N3O2/c1-11-9-19(10-12(2)20-11)16-14(8-17)18-15(21-16)13-6-4-3-5-7-13/h3-7,11-12H,9-10H2,1-2H3. The smallest absolute Gasteiger partial charge is 0.235 e. The van der Waals surface area contributed by atoms with Crippen molar-refractivity contribution >= 4 is 5.88 Å². The summed E-state index contributed by atoms with van der Waals surface area (Å²) in [4.78, 5) is 6.35. The van der Waals surface area contributed by atoms with Gasteiger partial charge in [0, 0.05) is 18.7 Å². The first-order valence-electron chi connectivity index (χ1n) is 7.04. The van der Waals surface area contributed by atoms with Crippen molar-refractivity contribution in [2.45, 2.75) is 26.1 Å². The van der Waals surface area contributed by atoms with Gasteiger partial charge < -0.3 is 14.1 Å². The van der Waals surface area contributed by atoms with E-state index in [1.54, 1.807) is 0 Å². The normalized spacial score (nSPS) is 22.0. The highest BCUT2D eigenvalue weighted by atomic mass is 16.5. The molecule has 3 rings (SSSR count). The molecular weight excluding hydrogens is 266 g/mol. The predicted octanol–water partition coefficient (Wildman–Crippen LogP) is 2.83. The fourth-order valence-corrected chi connectivity index (χ4v) is 2.65. The molecule has 2 aromatic rings. The van der Waals surface area contributed by atoms with E-state index in [2.05, 4.69) is 11.1 Å². The summed E-state index contributed by atoms with van der Waals surface area (Å²) < 4.78 is 11.6. The molecule has 2 atom stereocenters. The number of nitrogens with zero attached hydrogens (tertiary/aromatic N) is 3. The summed E-state index contributed by atoms with van der Waals surface area (Å²) in [6.45, 7) is 5.43. The molecule has 21 heavy (non-hydrogen) atoms. The highest BCUT2D eigenvalue weighted by Gasteiger charge is 2.28. The number of aromatic nitrogens is 1. The summed E-state index contributed by atoms with van der Waals surface area (Å²) in [6, 6.07) is 11.7. The molecule has 1 aromatic carbocycles. The second-order valence-corrected chi connectivity index (χ2v) is 5.31. The summed E-state index contributed by atoms with van der Waals surface area (Å²) in [5.74, 6) is 1.02. The average molecular weight is 283 g/mol.